The summed E-state index contributed by atoms with van der Waals surface area (Å²) in [4.78, 5) is 16.9. The summed E-state index contributed by atoms with van der Waals surface area (Å²) >= 11 is 0. The molecule has 2 atom stereocenters. The average molecular weight is 268 g/mol. The van der Waals surface area contributed by atoms with Crippen LogP contribution in [-0.2, 0) is 4.79 Å². The number of amides is 1. The molecule has 1 heterocycles. The molecule has 1 saturated carbocycles. The standard InChI is InChI=1S/C14H28N4O/c1-17-7-9-18(10-8-17)6-5-16-14(19)13-4-2-3-12(13)11-15/h12-13H,2-11,15H2,1H3,(H,16,19)/t12-,13-/m1/s1. The average Bonchev–Trinajstić information content (AvgIpc) is 2.89. The lowest BCUT2D eigenvalue weighted by Crippen LogP contribution is -2.47. The molecule has 1 aliphatic heterocycles. The van der Waals surface area contributed by atoms with Crippen molar-refractivity contribution in [3.05, 3.63) is 0 Å². The molecule has 0 aromatic rings. The highest BCUT2D eigenvalue weighted by molar-refractivity contribution is 5.79. The summed E-state index contributed by atoms with van der Waals surface area (Å²) in [7, 11) is 2.16. The van der Waals surface area contributed by atoms with Crippen LogP contribution in [0.4, 0.5) is 0 Å². The molecule has 0 radical (unpaired) electrons. The number of rotatable bonds is 5. The molecule has 2 aliphatic rings. The van der Waals surface area contributed by atoms with Crippen LogP contribution >= 0.6 is 0 Å². The summed E-state index contributed by atoms with van der Waals surface area (Å²) in [5, 5.41) is 3.10. The summed E-state index contributed by atoms with van der Waals surface area (Å²) in [5.74, 6) is 0.795. The second kappa shape index (κ2) is 7.22. The Labute approximate surface area is 116 Å². The summed E-state index contributed by atoms with van der Waals surface area (Å²) in [6.07, 6.45) is 3.29. The first kappa shape index (κ1) is 14.8. The Balaban J connectivity index is 1.64. The van der Waals surface area contributed by atoms with Crippen molar-refractivity contribution < 1.29 is 4.79 Å². The molecule has 0 unspecified atom stereocenters. The summed E-state index contributed by atoms with van der Waals surface area (Å²) in [6.45, 7) is 6.88. The second-order valence-corrected chi connectivity index (χ2v) is 5.97. The molecule has 1 aliphatic carbocycles. The van der Waals surface area contributed by atoms with Crippen LogP contribution in [0.5, 0.6) is 0 Å². The first-order valence-electron chi connectivity index (χ1n) is 7.59. The minimum atomic E-state index is 0.164. The van der Waals surface area contributed by atoms with Crippen molar-refractivity contribution in [2.45, 2.75) is 19.3 Å². The van der Waals surface area contributed by atoms with Gasteiger partial charge in [0.1, 0.15) is 0 Å². The van der Waals surface area contributed by atoms with Gasteiger partial charge in [-0.2, -0.15) is 0 Å². The van der Waals surface area contributed by atoms with Gasteiger partial charge in [0.05, 0.1) is 0 Å². The van der Waals surface area contributed by atoms with Crippen molar-refractivity contribution in [1.82, 2.24) is 15.1 Å². The molecular weight excluding hydrogens is 240 g/mol. The number of nitrogens with one attached hydrogen (secondary N) is 1. The highest BCUT2D eigenvalue weighted by atomic mass is 16.1. The van der Waals surface area contributed by atoms with E-state index in [2.05, 4.69) is 22.2 Å². The Bertz CT molecular complexity index is 289. The maximum absolute atomic E-state index is 12.1. The van der Waals surface area contributed by atoms with E-state index in [1.54, 1.807) is 0 Å². The summed E-state index contributed by atoms with van der Waals surface area (Å²) in [6, 6.07) is 0. The fourth-order valence-electron chi connectivity index (χ4n) is 3.20. The molecule has 110 valence electrons. The maximum atomic E-state index is 12.1. The van der Waals surface area contributed by atoms with Crippen molar-refractivity contribution in [2.24, 2.45) is 17.6 Å². The SMILES string of the molecule is CN1CCN(CCNC(=O)[C@@H]2CCC[C@@H]2CN)CC1. The van der Waals surface area contributed by atoms with E-state index >= 15 is 0 Å². The molecule has 1 saturated heterocycles. The van der Waals surface area contributed by atoms with E-state index in [0.717, 1.165) is 58.5 Å². The third kappa shape index (κ3) is 4.16. The van der Waals surface area contributed by atoms with E-state index in [1.165, 1.54) is 0 Å². The van der Waals surface area contributed by atoms with Gasteiger partial charge in [0.2, 0.25) is 5.91 Å². The lowest BCUT2D eigenvalue weighted by atomic mass is 9.95. The first-order chi connectivity index (χ1) is 9.20. The Morgan fingerprint density at radius 3 is 2.68 bits per heavy atom. The molecule has 0 aromatic carbocycles. The Morgan fingerprint density at radius 2 is 2.00 bits per heavy atom. The summed E-state index contributed by atoms with van der Waals surface area (Å²) < 4.78 is 0. The molecular formula is C14H28N4O. The lowest BCUT2D eigenvalue weighted by molar-refractivity contribution is -0.126. The highest BCUT2D eigenvalue weighted by Gasteiger charge is 2.31. The minimum absolute atomic E-state index is 0.164. The predicted octanol–water partition coefficient (Wildman–Crippen LogP) is -0.275. The second-order valence-electron chi connectivity index (χ2n) is 5.97. The van der Waals surface area contributed by atoms with Gasteiger partial charge >= 0.3 is 0 Å². The van der Waals surface area contributed by atoms with Crippen LogP contribution in [0.25, 0.3) is 0 Å². The third-order valence-electron chi connectivity index (χ3n) is 4.62. The Kier molecular flexibility index (Phi) is 5.60. The molecule has 0 spiro atoms. The van der Waals surface area contributed by atoms with Gasteiger partial charge in [-0.05, 0) is 32.4 Å². The Hall–Kier alpha value is -0.650. The van der Waals surface area contributed by atoms with Crippen LogP contribution in [0, 0.1) is 11.8 Å². The fraction of sp³-hybridized carbons (Fsp3) is 0.929. The van der Waals surface area contributed by atoms with Crippen molar-refractivity contribution in [1.29, 1.82) is 0 Å². The van der Waals surface area contributed by atoms with Gasteiger partial charge in [-0.1, -0.05) is 6.42 Å². The van der Waals surface area contributed by atoms with E-state index in [9.17, 15) is 4.79 Å². The van der Waals surface area contributed by atoms with Gasteiger partial charge in [-0.25, -0.2) is 0 Å². The zero-order valence-corrected chi connectivity index (χ0v) is 12.1. The molecule has 0 bridgehead atoms. The smallest absolute Gasteiger partial charge is 0.223 e. The van der Waals surface area contributed by atoms with Crippen molar-refractivity contribution in [2.75, 3.05) is 52.9 Å². The number of hydrogen-bond acceptors (Lipinski definition) is 4. The number of carbonyl (C=O) groups is 1. The van der Waals surface area contributed by atoms with Gasteiger partial charge in [0.15, 0.2) is 0 Å². The van der Waals surface area contributed by atoms with Gasteiger partial charge in [-0.3, -0.25) is 9.69 Å². The molecule has 19 heavy (non-hydrogen) atoms. The van der Waals surface area contributed by atoms with Gasteiger partial charge in [-0.15, -0.1) is 0 Å². The number of carbonyl (C=O) groups excluding carboxylic acids is 1. The molecule has 2 fully saturated rings. The van der Waals surface area contributed by atoms with E-state index in [0.29, 0.717) is 12.5 Å². The van der Waals surface area contributed by atoms with E-state index in [-0.39, 0.29) is 11.8 Å². The van der Waals surface area contributed by atoms with Crippen LogP contribution in [0.3, 0.4) is 0 Å². The first-order valence-corrected chi connectivity index (χ1v) is 7.59. The van der Waals surface area contributed by atoms with Crippen LogP contribution in [0.1, 0.15) is 19.3 Å². The number of nitrogens with zero attached hydrogens (tertiary/aromatic N) is 2. The third-order valence-corrected chi connectivity index (χ3v) is 4.62. The van der Waals surface area contributed by atoms with Crippen LogP contribution in [0.15, 0.2) is 0 Å². The van der Waals surface area contributed by atoms with Crippen LogP contribution in [0.2, 0.25) is 0 Å². The zero-order valence-electron chi connectivity index (χ0n) is 12.1. The van der Waals surface area contributed by atoms with Crippen molar-refractivity contribution in [3.8, 4) is 0 Å². The molecule has 3 N–H and O–H groups in total. The fourth-order valence-corrected chi connectivity index (χ4v) is 3.20. The number of piperazine rings is 1. The number of hydrogen-bond donors (Lipinski definition) is 2. The van der Waals surface area contributed by atoms with E-state index < -0.39 is 0 Å². The maximum Gasteiger partial charge on any atom is 0.223 e. The normalized spacial score (nSPS) is 29.6. The number of likely N-dealkylation sites (N-methyl/N-ethyl adjacent to an activating group) is 1. The zero-order chi connectivity index (χ0) is 13.7. The molecule has 5 heteroatoms. The lowest BCUT2D eigenvalue weighted by Gasteiger charge is -2.32. The van der Waals surface area contributed by atoms with Gasteiger partial charge < -0.3 is 16.0 Å². The van der Waals surface area contributed by atoms with Gasteiger partial charge in [0, 0.05) is 45.2 Å². The molecule has 1 amide bonds. The van der Waals surface area contributed by atoms with Gasteiger partial charge in [0.25, 0.3) is 0 Å². The minimum Gasteiger partial charge on any atom is -0.355 e. The predicted molar refractivity (Wildman–Crippen MR) is 76.8 cm³/mol. The number of nitrogens with two attached hydrogens (primary N) is 1. The van der Waals surface area contributed by atoms with Crippen molar-refractivity contribution >= 4 is 5.91 Å². The Morgan fingerprint density at radius 1 is 1.26 bits per heavy atom. The highest BCUT2D eigenvalue weighted by Crippen LogP contribution is 2.30. The van der Waals surface area contributed by atoms with Crippen LogP contribution in [-0.4, -0.2) is 68.6 Å². The van der Waals surface area contributed by atoms with E-state index in [1.807, 2.05) is 0 Å². The molecule has 2 rings (SSSR count). The molecule has 5 nitrogen and oxygen atoms in total. The topological polar surface area (TPSA) is 61.6 Å². The molecule has 0 aromatic heterocycles. The monoisotopic (exact) mass is 268 g/mol. The van der Waals surface area contributed by atoms with E-state index in [4.69, 9.17) is 5.73 Å². The summed E-state index contributed by atoms with van der Waals surface area (Å²) in [5.41, 5.74) is 5.73. The van der Waals surface area contributed by atoms with Crippen molar-refractivity contribution in [3.63, 3.8) is 0 Å². The largest absolute Gasteiger partial charge is 0.355 e. The quantitative estimate of drug-likeness (QED) is 0.720. The van der Waals surface area contributed by atoms with Crippen LogP contribution < -0.4 is 11.1 Å².